The van der Waals surface area contributed by atoms with Crippen LogP contribution in [0.2, 0.25) is 0 Å². The first kappa shape index (κ1) is 20.3. The van der Waals surface area contributed by atoms with E-state index in [4.69, 9.17) is 4.74 Å². The van der Waals surface area contributed by atoms with Gasteiger partial charge in [-0.1, -0.05) is 30.3 Å². The smallest absolute Gasteiger partial charge is 0.228 e. The number of benzene rings is 1. The number of likely N-dealkylation sites (tertiary alicyclic amines) is 1. The molecule has 7 nitrogen and oxygen atoms in total. The predicted molar refractivity (Wildman–Crippen MR) is 104 cm³/mol. The van der Waals surface area contributed by atoms with E-state index in [0.717, 1.165) is 12.0 Å². The zero-order valence-corrected chi connectivity index (χ0v) is 16.5. The number of nitrogens with zero attached hydrogens (tertiary/aromatic N) is 3. The molecule has 0 bridgehead atoms. The topological polar surface area (TPSA) is 70.2 Å². The van der Waals surface area contributed by atoms with Crippen molar-refractivity contribution in [1.29, 1.82) is 0 Å². The van der Waals surface area contributed by atoms with Gasteiger partial charge in [0.1, 0.15) is 0 Å². The first-order valence-electron chi connectivity index (χ1n) is 9.95. The van der Waals surface area contributed by atoms with E-state index in [1.54, 1.807) is 12.0 Å². The van der Waals surface area contributed by atoms with Crippen molar-refractivity contribution in [2.75, 3.05) is 46.4 Å². The van der Waals surface area contributed by atoms with E-state index in [1.807, 2.05) is 40.1 Å². The van der Waals surface area contributed by atoms with E-state index in [9.17, 15) is 14.4 Å². The van der Waals surface area contributed by atoms with E-state index in [2.05, 4.69) is 0 Å². The second-order valence-electron chi connectivity index (χ2n) is 7.46. The lowest BCUT2D eigenvalue weighted by atomic mass is 10.1. The standard InChI is InChI=1S/C21H29N3O4/c1-28-13-8-19(25)22-9-5-10-23(12-11-22)21(27)18-14-20(26)24(16-18)15-17-6-3-2-4-7-17/h2-4,6-7,18H,5,8-16H2,1H3. The zero-order chi connectivity index (χ0) is 19.9. The molecule has 2 aliphatic heterocycles. The molecule has 7 heteroatoms. The van der Waals surface area contributed by atoms with Crippen molar-refractivity contribution in [3.8, 4) is 0 Å². The molecule has 0 aromatic heterocycles. The Balaban J connectivity index is 1.52. The maximum atomic E-state index is 13.0. The number of amides is 3. The van der Waals surface area contributed by atoms with Crippen LogP contribution in [0.4, 0.5) is 0 Å². The van der Waals surface area contributed by atoms with Gasteiger partial charge in [0.15, 0.2) is 0 Å². The van der Waals surface area contributed by atoms with Crippen LogP contribution in [0.1, 0.15) is 24.8 Å². The summed E-state index contributed by atoms with van der Waals surface area (Å²) in [5.41, 5.74) is 1.07. The molecule has 1 aromatic carbocycles. The molecule has 3 rings (SSSR count). The summed E-state index contributed by atoms with van der Waals surface area (Å²) in [6.07, 6.45) is 1.41. The van der Waals surface area contributed by atoms with Crippen LogP contribution < -0.4 is 0 Å². The Morgan fingerprint density at radius 3 is 2.54 bits per heavy atom. The molecule has 1 unspecified atom stereocenters. The molecule has 1 atom stereocenters. The van der Waals surface area contributed by atoms with Crippen LogP contribution in [0.5, 0.6) is 0 Å². The molecule has 2 aliphatic rings. The van der Waals surface area contributed by atoms with Crippen molar-refractivity contribution in [3.05, 3.63) is 35.9 Å². The summed E-state index contributed by atoms with van der Waals surface area (Å²) in [6, 6.07) is 9.84. The van der Waals surface area contributed by atoms with Gasteiger partial charge in [0.25, 0.3) is 0 Å². The Bertz CT molecular complexity index is 694. The number of hydrogen-bond donors (Lipinski definition) is 0. The molecule has 0 aliphatic carbocycles. The third-order valence-electron chi connectivity index (χ3n) is 5.46. The summed E-state index contributed by atoms with van der Waals surface area (Å²) in [5.74, 6) is -0.142. The highest BCUT2D eigenvalue weighted by Crippen LogP contribution is 2.23. The second-order valence-corrected chi connectivity index (χ2v) is 7.46. The molecule has 2 fully saturated rings. The number of hydrogen-bond acceptors (Lipinski definition) is 4. The minimum atomic E-state index is -0.285. The summed E-state index contributed by atoms with van der Waals surface area (Å²) in [6.45, 7) is 3.81. The normalized spacial score (nSPS) is 20.4. The quantitative estimate of drug-likeness (QED) is 0.734. The van der Waals surface area contributed by atoms with Gasteiger partial charge >= 0.3 is 0 Å². The number of carbonyl (C=O) groups is 3. The summed E-state index contributed by atoms with van der Waals surface area (Å²) < 4.78 is 4.98. The van der Waals surface area contributed by atoms with Gasteiger partial charge in [-0.3, -0.25) is 14.4 Å². The van der Waals surface area contributed by atoms with Gasteiger partial charge in [-0.15, -0.1) is 0 Å². The lowest BCUT2D eigenvalue weighted by Gasteiger charge is -2.24. The molecule has 0 N–H and O–H groups in total. The van der Waals surface area contributed by atoms with Gasteiger partial charge in [-0.25, -0.2) is 0 Å². The fourth-order valence-corrected chi connectivity index (χ4v) is 3.89. The van der Waals surface area contributed by atoms with Crippen LogP contribution in [-0.2, 0) is 25.7 Å². The third kappa shape index (κ3) is 5.10. The molecule has 0 saturated carbocycles. The van der Waals surface area contributed by atoms with Gasteiger partial charge in [-0.2, -0.15) is 0 Å². The van der Waals surface area contributed by atoms with Crippen LogP contribution in [0.25, 0.3) is 0 Å². The van der Waals surface area contributed by atoms with Crippen LogP contribution in [0.15, 0.2) is 30.3 Å². The zero-order valence-electron chi connectivity index (χ0n) is 16.5. The summed E-state index contributed by atoms with van der Waals surface area (Å²) in [5, 5.41) is 0. The van der Waals surface area contributed by atoms with Gasteiger partial charge in [-0.05, 0) is 12.0 Å². The minimum absolute atomic E-state index is 0.0356. The molecule has 1 aromatic rings. The van der Waals surface area contributed by atoms with E-state index < -0.39 is 0 Å². The van der Waals surface area contributed by atoms with Crippen molar-refractivity contribution in [1.82, 2.24) is 14.7 Å². The Morgan fingerprint density at radius 2 is 1.79 bits per heavy atom. The van der Waals surface area contributed by atoms with E-state index in [1.165, 1.54) is 0 Å². The Morgan fingerprint density at radius 1 is 1.07 bits per heavy atom. The third-order valence-corrected chi connectivity index (χ3v) is 5.46. The molecular weight excluding hydrogens is 358 g/mol. The Kier molecular flexibility index (Phi) is 7.03. The summed E-state index contributed by atoms with van der Waals surface area (Å²) in [4.78, 5) is 43.0. The lowest BCUT2D eigenvalue weighted by Crippen LogP contribution is -2.40. The number of rotatable bonds is 6. The van der Waals surface area contributed by atoms with E-state index >= 15 is 0 Å². The lowest BCUT2D eigenvalue weighted by molar-refractivity contribution is -0.136. The average Bonchev–Trinajstić information content (AvgIpc) is 2.92. The first-order valence-corrected chi connectivity index (χ1v) is 9.95. The molecule has 2 heterocycles. The maximum Gasteiger partial charge on any atom is 0.228 e. The SMILES string of the molecule is COCCC(=O)N1CCCN(C(=O)C2CC(=O)N(Cc3ccccc3)C2)CC1. The van der Waals surface area contributed by atoms with Gasteiger partial charge in [0.2, 0.25) is 17.7 Å². The summed E-state index contributed by atoms with van der Waals surface area (Å²) >= 11 is 0. The monoisotopic (exact) mass is 387 g/mol. The van der Waals surface area contributed by atoms with E-state index in [0.29, 0.717) is 52.3 Å². The van der Waals surface area contributed by atoms with Crippen molar-refractivity contribution >= 4 is 17.7 Å². The van der Waals surface area contributed by atoms with Crippen LogP contribution >= 0.6 is 0 Å². The number of ether oxygens (including phenoxy) is 1. The largest absolute Gasteiger partial charge is 0.384 e. The highest BCUT2D eigenvalue weighted by atomic mass is 16.5. The Hall–Kier alpha value is -2.41. The minimum Gasteiger partial charge on any atom is -0.384 e. The van der Waals surface area contributed by atoms with Crippen LogP contribution in [0, 0.1) is 5.92 Å². The Labute approximate surface area is 166 Å². The van der Waals surface area contributed by atoms with Gasteiger partial charge < -0.3 is 19.4 Å². The van der Waals surface area contributed by atoms with E-state index in [-0.39, 0.29) is 30.1 Å². The maximum absolute atomic E-state index is 13.0. The molecule has 152 valence electrons. The number of methoxy groups -OCH3 is 1. The van der Waals surface area contributed by atoms with Crippen LogP contribution in [0.3, 0.4) is 0 Å². The molecule has 0 radical (unpaired) electrons. The van der Waals surface area contributed by atoms with Gasteiger partial charge in [0.05, 0.1) is 18.9 Å². The van der Waals surface area contributed by atoms with Crippen molar-refractivity contribution in [2.45, 2.75) is 25.8 Å². The fourth-order valence-electron chi connectivity index (χ4n) is 3.89. The van der Waals surface area contributed by atoms with Crippen LogP contribution in [-0.4, -0.2) is 78.9 Å². The van der Waals surface area contributed by atoms with Crippen molar-refractivity contribution in [2.24, 2.45) is 5.92 Å². The molecule has 2 saturated heterocycles. The summed E-state index contributed by atoms with van der Waals surface area (Å²) in [7, 11) is 1.58. The highest BCUT2D eigenvalue weighted by molar-refractivity contribution is 5.89. The van der Waals surface area contributed by atoms with Gasteiger partial charge in [0, 0.05) is 52.8 Å². The molecule has 0 spiro atoms. The predicted octanol–water partition coefficient (Wildman–Crippen LogP) is 1.13. The molecular formula is C21H29N3O4. The molecule has 28 heavy (non-hydrogen) atoms. The van der Waals surface area contributed by atoms with Crippen molar-refractivity contribution in [3.63, 3.8) is 0 Å². The highest BCUT2D eigenvalue weighted by Gasteiger charge is 2.37. The first-order chi connectivity index (χ1) is 13.6. The number of carbonyl (C=O) groups excluding carboxylic acids is 3. The van der Waals surface area contributed by atoms with Crippen molar-refractivity contribution < 1.29 is 19.1 Å². The fraction of sp³-hybridized carbons (Fsp3) is 0.571. The second kappa shape index (κ2) is 9.68. The molecule has 3 amide bonds. The average molecular weight is 387 g/mol.